The Morgan fingerprint density at radius 2 is 0.618 bits per heavy atom. The van der Waals surface area contributed by atoms with Crippen molar-refractivity contribution in [3.63, 3.8) is 0 Å². The lowest BCUT2D eigenvalue weighted by atomic mass is 9.76. The van der Waals surface area contributed by atoms with Gasteiger partial charge in [-0.2, -0.15) is 0 Å². The predicted octanol–water partition coefficient (Wildman–Crippen LogP) is 10.9. The van der Waals surface area contributed by atoms with Gasteiger partial charge in [0.05, 0.1) is 0 Å². The van der Waals surface area contributed by atoms with Crippen LogP contribution in [0.2, 0.25) is 0 Å². The largest absolute Gasteiger partial charge is 0.311 e. The second kappa shape index (κ2) is 19.1. The molecule has 1 heteroatoms. The third-order valence-corrected chi connectivity index (χ3v) is 9.88. The minimum atomic E-state index is 0.807. The van der Waals surface area contributed by atoms with Crippen molar-refractivity contribution < 1.29 is 0 Å². The van der Waals surface area contributed by atoms with Gasteiger partial charge in [0.25, 0.3) is 0 Å². The van der Waals surface area contributed by atoms with Crippen LogP contribution in [0.5, 0.6) is 0 Å². The molecule has 0 bridgehead atoms. The highest BCUT2D eigenvalue weighted by molar-refractivity contribution is 4.87. The van der Waals surface area contributed by atoms with Crippen molar-refractivity contribution in [1.82, 2.24) is 5.32 Å². The molecule has 3 rings (SSSR count). The summed E-state index contributed by atoms with van der Waals surface area (Å²) in [5.74, 6) is 1.98. The van der Waals surface area contributed by atoms with Crippen molar-refractivity contribution >= 4 is 0 Å². The average Bonchev–Trinajstić information content (AvgIpc) is 3.05. The van der Waals surface area contributed by atoms with Crippen LogP contribution >= 0.6 is 0 Å². The van der Waals surface area contributed by atoms with Gasteiger partial charge < -0.3 is 5.32 Å². The maximum absolute atomic E-state index is 4.41. The molecule has 0 heterocycles. The first kappa shape index (κ1) is 28.5. The van der Waals surface area contributed by atoms with Gasteiger partial charge in [-0.1, -0.05) is 161 Å². The highest BCUT2D eigenvalue weighted by atomic mass is 15.0. The molecule has 3 fully saturated rings. The molecule has 0 aromatic carbocycles. The summed E-state index contributed by atoms with van der Waals surface area (Å²) in [6, 6.07) is 1.63. The zero-order chi connectivity index (χ0) is 23.5. The fraction of sp³-hybridized carbons (Fsp3) is 1.00. The normalized spacial score (nSPS) is 30.4. The van der Waals surface area contributed by atoms with Crippen molar-refractivity contribution in [3.8, 4) is 0 Å². The van der Waals surface area contributed by atoms with E-state index in [0.717, 1.165) is 23.9 Å². The van der Waals surface area contributed by atoms with E-state index < -0.39 is 0 Å². The van der Waals surface area contributed by atoms with E-state index in [1.165, 1.54) is 186 Å². The lowest BCUT2D eigenvalue weighted by Crippen LogP contribution is -2.45. The highest BCUT2D eigenvalue weighted by Crippen LogP contribution is 2.36. The molecule has 200 valence electrons. The van der Waals surface area contributed by atoms with Crippen LogP contribution < -0.4 is 5.32 Å². The van der Waals surface area contributed by atoms with Crippen LogP contribution in [-0.4, -0.2) is 12.1 Å². The lowest BCUT2D eigenvalue weighted by molar-refractivity contribution is 0.186. The molecule has 0 spiro atoms. The van der Waals surface area contributed by atoms with Crippen molar-refractivity contribution in [2.24, 2.45) is 11.8 Å². The van der Waals surface area contributed by atoms with Gasteiger partial charge in [0, 0.05) is 12.1 Å². The molecule has 0 aromatic rings. The smallest absolute Gasteiger partial charge is 0.0101 e. The maximum Gasteiger partial charge on any atom is 0.0101 e. The third-order valence-electron chi connectivity index (χ3n) is 9.88. The van der Waals surface area contributed by atoms with Crippen molar-refractivity contribution in [2.45, 2.75) is 198 Å². The molecule has 1 N–H and O–H groups in total. The van der Waals surface area contributed by atoms with Gasteiger partial charge in [-0.25, -0.2) is 0 Å². The standard InChI is InChI=1S/C33H63N/c1-2-6-10-14-19-25-30(24-18-13-9-5-1)32-28-22-17-23-29-33(32)34-31-26-20-15-11-7-3-4-8-12-16-21-27-31/h30-34H,1-29H2. The van der Waals surface area contributed by atoms with E-state index in [2.05, 4.69) is 5.32 Å². The maximum atomic E-state index is 4.41. The summed E-state index contributed by atoms with van der Waals surface area (Å²) in [4.78, 5) is 0. The quantitative estimate of drug-likeness (QED) is 0.402. The topological polar surface area (TPSA) is 12.0 Å². The first-order valence-corrected chi connectivity index (χ1v) is 16.7. The van der Waals surface area contributed by atoms with Gasteiger partial charge in [-0.3, -0.25) is 0 Å². The number of hydrogen-bond donors (Lipinski definition) is 1. The highest BCUT2D eigenvalue weighted by Gasteiger charge is 2.31. The van der Waals surface area contributed by atoms with E-state index in [0.29, 0.717) is 0 Å². The number of nitrogens with one attached hydrogen (secondary N) is 1. The second-order valence-electron chi connectivity index (χ2n) is 12.8. The second-order valence-corrected chi connectivity index (χ2v) is 12.8. The number of rotatable bonds is 3. The Labute approximate surface area is 215 Å². The van der Waals surface area contributed by atoms with Crippen LogP contribution in [0.15, 0.2) is 0 Å². The SMILES string of the molecule is C1CCCCCCC(NC2CCCCCC2C2CCCCCCCCCCCC2)CCCCC1. The summed E-state index contributed by atoms with van der Waals surface area (Å²) >= 11 is 0. The van der Waals surface area contributed by atoms with Gasteiger partial charge in [0.1, 0.15) is 0 Å². The van der Waals surface area contributed by atoms with Gasteiger partial charge in [-0.05, 0) is 37.5 Å². The van der Waals surface area contributed by atoms with Crippen LogP contribution in [0.25, 0.3) is 0 Å². The molecule has 34 heavy (non-hydrogen) atoms. The van der Waals surface area contributed by atoms with E-state index in [4.69, 9.17) is 0 Å². The number of hydrogen-bond acceptors (Lipinski definition) is 1. The fourth-order valence-corrected chi connectivity index (χ4v) is 7.72. The van der Waals surface area contributed by atoms with E-state index >= 15 is 0 Å². The summed E-state index contributed by atoms with van der Waals surface area (Å²) in [7, 11) is 0. The molecule has 2 atom stereocenters. The van der Waals surface area contributed by atoms with E-state index in [1.54, 1.807) is 0 Å². The van der Waals surface area contributed by atoms with Crippen LogP contribution in [-0.2, 0) is 0 Å². The van der Waals surface area contributed by atoms with E-state index in [9.17, 15) is 0 Å². The molecule has 0 saturated heterocycles. The molecule has 0 amide bonds. The Balaban J connectivity index is 1.58. The van der Waals surface area contributed by atoms with Crippen molar-refractivity contribution in [2.75, 3.05) is 0 Å². The van der Waals surface area contributed by atoms with Crippen LogP contribution in [0, 0.1) is 11.8 Å². The molecular weight excluding hydrogens is 410 g/mol. The first-order chi connectivity index (χ1) is 16.9. The Hall–Kier alpha value is -0.0400. The summed E-state index contributed by atoms with van der Waals surface area (Å²) in [6.07, 6.45) is 43.3. The molecule has 0 radical (unpaired) electrons. The minimum absolute atomic E-state index is 0.807. The summed E-state index contributed by atoms with van der Waals surface area (Å²) in [5.41, 5.74) is 0. The molecule has 0 aliphatic heterocycles. The third kappa shape index (κ3) is 12.3. The molecule has 3 aliphatic rings. The van der Waals surface area contributed by atoms with Crippen molar-refractivity contribution in [1.29, 1.82) is 0 Å². The summed E-state index contributed by atoms with van der Waals surface area (Å²) in [5, 5.41) is 4.41. The van der Waals surface area contributed by atoms with Gasteiger partial charge in [0.15, 0.2) is 0 Å². The summed E-state index contributed by atoms with van der Waals surface area (Å²) in [6.45, 7) is 0. The zero-order valence-corrected chi connectivity index (χ0v) is 23.3. The minimum Gasteiger partial charge on any atom is -0.311 e. The monoisotopic (exact) mass is 473 g/mol. The predicted molar refractivity (Wildman–Crippen MR) is 152 cm³/mol. The van der Waals surface area contributed by atoms with Crippen LogP contribution in [0.1, 0.15) is 186 Å². The Kier molecular flexibility index (Phi) is 16.0. The van der Waals surface area contributed by atoms with Gasteiger partial charge in [-0.15, -0.1) is 0 Å². The molecule has 3 saturated carbocycles. The Bertz CT molecular complexity index is 431. The van der Waals surface area contributed by atoms with Crippen LogP contribution in [0.3, 0.4) is 0 Å². The molecular formula is C33H63N. The van der Waals surface area contributed by atoms with Crippen molar-refractivity contribution in [3.05, 3.63) is 0 Å². The van der Waals surface area contributed by atoms with Gasteiger partial charge >= 0.3 is 0 Å². The first-order valence-electron chi connectivity index (χ1n) is 16.7. The van der Waals surface area contributed by atoms with Crippen LogP contribution in [0.4, 0.5) is 0 Å². The molecule has 2 unspecified atom stereocenters. The Morgan fingerprint density at radius 1 is 0.294 bits per heavy atom. The zero-order valence-electron chi connectivity index (χ0n) is 23.3. The van der Waals surface area contributed by atoms with E-state index in [1.807, 2.05) is 0 Å². The molecule has 3 aliphatic carbocycles. The molecule has 0 aromatic heterocycles. The Morgan fingerprint density at radius 3 is 1.09 bits per heavy atom. The average molecular weight is 474 g/mol. The molecule has 1 nitrogen and oxygen atoms in total. The van der Waals surface area contributed by atoms with E-state index in [-0.39, 0.29) is 0 Å². The van der Waals surface area contributed by atoms with Gasteiger partial charge in [0.2, 0.25) is 0 Å². The summed E-state index contributed by atoms with van der Waals surface area (Å²) < 4.78 is 0. The fourth-order valence-electron chi connectivity index (χ4n) is 7.72. The lowest BCUT2D eigenvalue weighted by Gasteiger charge is -2.36.